The molecule has 2 aromatic carbocycles. The maximum atomic E-state index is 13.2. The number of fused-ring (bicyclic) bond motifs is 2. The largest absolute Gasteiger partial charge is 0.492 e. The van der Waals surface area contributed by atoms with Crippen molar-refractivity contribution in [2.75, 3.05) is 26.4 Å². The van der Waals surface area contributed by atoms with Crippen molar-refractivity contribution in [3.05, 3.63) is 52.0 Å². The Balaban J connectivity index is 1.50. The van der Waals surface area contributed by atoms with Gasteiger partial charge in [0.25, 0.3) is 0 Å². The lowest BCUT2D eigenvalue weighted by atomic mass is 9.93. The predicted molar refractivity (Wildman–Crippen MR) is 112 cm³/mol. The third-order valence-electron chi connectivity index (χ3n) is 5.47. The highest BCUT2D eigenvalue weighted by Gasteiger charge is 2.32. The number of hydrogen-bond acceptors (Lipinski definition) is 4. The second-order valence-electron chi connectivity index (χ2n) is 7.41. The molecule has 29 heavy (non-hydrogen) atoms. The maximum absolute atomic E-state index is 13.2. The molecule has 6 heteroatoms. The molecule has 0 aromatic heterocycles. The van der Waals surface area contributed by atoms with Crippen LogP contribution in [0.25, 0.3) is 0 Å². The molecule has 154 valence electrons. The van der Waals surface area contributed by atoms with E-state index >= 15 is 0 Å². The van der Waals surface area contributed by atoms with E-state index in [-0.39, 0.29) is 11.8 Å². The van der Waals surface area contributed by atoms with E-state index in [1.807, 2.05) is 43.0 Å². The highest BCUT2D eigenvalue weighted by molar-refractivity contribution is 6.30. The molecule has 0 spiro atoms. The highest BCUT2D eigenvalue weighted by atomic mass is 35.5. The average Bonchev–Trinajstić information content (AvgIpc) is 2.73. The van der Waals surface area contributed by atoms with Gasteiger partial charge in [-0.25, -0.2) is 0 Å². The molecule has 4 rings (SSSR count). The summed E-state index contributed by atoms with van der Waals surface area (Å²) in [6, 6.07) is 9.67. The van der Waals surface area contributed by atoms with E-state index in [1.165, 1.54) is 5.56 Å². The number of rotatable bonds is 5. The van der Waals surface area contributed by atoms with Crippen molar-refractivity contribution in [1.82, 2.24) is 4.90 Å². The number of carbonyl (C=O) groups is 1. The summed E-state index contributed by atoms with van der Waals surface area (Å²) in [6.07, 6.45) is 1.47. The van der Waals surface area contributed by atoms with Crippen molar-refractivity contribution in [2.45, 2.75) is 33.2 Å². The molecule has 0 saturated carbocycles. The zero-order valence-electron chi connectivity index (χ0n) is 16.9. The van der Waals surface area contributed by atoms with Crippen LogP contribution in [0.3, 0.4) is 0 Å². The Hall–Kier alpha value is -2.40. The lowest BCUT2D eigenvalue weighted by molar-refractivity contribution is -0.137. The first kappa shape index (κ1) is 19.9. The molecule has 0 bridgehead atoms. The number of ether oxygens (including phenoxy) is 3. The minimum Gasteiger partial charge on any atom is -0.492 e. The third-order valence-corrected chi connectivity index (χ3v) is 5.70. The van der Waals surface area contributed by atoms with Crippen LogP contribution in [0.2, 0.25) is 5.02 Å². The third kappa shape index (κ3) is 4.15. The number of benzene rings is 2. The van der Waals surface area contributed by atoms with Gasteiger partial charge in [-0.3, -0.25) is 4.79 Å². The van der Waals surface area contributed by atoms with Crippen LogP contribution in [0.1, 0.15) is 30.5 Å². The molecular formula is C23H26ClNO4. The molecule has 0 fully saturated rings. The zero-order chi connectivity index (χ0) is 20.4. The topological polar surface area (TPSA) is 48.0 Å². The standard InChI is InChI=1S/C23H26ClNO4/c1-3-27-21-11-15-7-8-25(13-17(15)12-22(21)28-4-2)23(26)18-9-16-10-19(24)5-6-20(16)29-14-18/h5-6,10-12,18H,3-4,7-9,13-14H2,1-2H3/t18-/m1/s1. The van der Waals surface area contributed by atoms with Gasteiger partial charge in [-0.15, -0.1) is 0 Å². The van der Waals surface area contributed by atoms with Crippen LogP contribution in [0.4, 0.5) is 0 Å². The smallest absolute Gasteiger partial charge is 0.229 e. The average molecular weight is 416 g/mol. The molecule has 2 aromatic rings. The summed E-state index contributed by atoms with van der Waals surface area (Å²) < 4.78 is 17.3. The first-order valence-corrected chi connectivity index (χ1v) is 10.6. The first-order valence-electron chi connectivity index (χ1n) is 10.2. The molecule has 1 amide bonds. The molecule has 0 radical (unpaired) electrons. The molecule has 5 nitrogen and oxygen atoms in total. The summed E-state index contributed by atoms with van der Waals surface area (Å²) >= 11 is 6.11. The second kappa shape index (κ2) is 8.54. The molecule has 2 heterocycles. The predicted octanol–water partition coefficient (Wildman–Crippen LogP) is 4.27. The van der Waals surface area contributed by atoms with Crippen molar-refractivity contribution in [3.8, 4) is 17.2 Å². The first-order chi connectivity index (χ1) is 14.1. The van der Waals surface area contributed by atoms with Crippen LogP contribution in [-0.4, -0.2) is 37.2 Å². The molecule has 0 N–H and O–H groups in total. The van der Waals surface area contributed by atoms with Crippen LogP contribution in [0, 0.1) is 5.92 Å². The van der Waals surface area contributed by atoms with E-state index in [2.05, 4.69) is 6.07 Å². The van der Waals surface area contributed by atoms with Gasteiger partial charge in [0, 0.05) is 18.1 Å². The van der Waals surface area contributed by atoms with Gasteiger partial charge < -0.3 is 19.1 Å². The zero-order valence-corrected chi connectivity index (χ0v) is 17.6. The van der Waals surface area contributed by atoms with Gasteiger partial charge in [0.15, 0.2) is 11.5 Å². The van der Waals surface area contributed by atoms with Gasteiger partial charge in [-0.2, -0.15) is 0 Å². The van der Waals surface area contributed by atoms with E-state index in [4.69, 9.17) is 25.8 Å². The summed E-state index contributed by atoms with van der Waals surface area (Å²) in [5, 5.41) is 0.668. The molecule has 0 saturated heterocycles. The lowest BCUT2D eigenvalue weighted by Gasteiger charge is -2.34. The second-order valence-corrected chi connectivity index (χ2v) is 7.84. The van der Waals surface area contributed by atoms with Crippen LogP contribution in [-0.2, 0) is 24.2 Å². The van der Waals surface area contributed by atoms with E-state index in [0.717, 1.165) is 34.8 Å². The Kier molecular flexibility index (Phi) is 5.86. The number of carbonyl (C=O) groups excluding carboxylic acids is 1. The number of nitrogens with zero attached hydrogens (tertiary/aromatic N) is 1. The minimum atomic E-state index is -0.184. The Labute approximate surface area is 176 Å². The number of hydrogen-bond donors (Lipinski definition) is 0. The molecule has 1 atom stereocenters. The fourth-order valence-corrected chi connectivity index (χ4v) is 4.26. The summed E-state index contributed by atoms with van der Waals surface area (Å²) in [7, 11) is 0. The Bertz CT molecular complexity index is 914. The summed E-state index contributed by atoms with van der Waals surface area (Å²) in [4.78, 5) is 15.1. The highest BCUT2D eigenvalue weighted by Crippen LogP contribution is 2.35. The van der Waals surface area contributed by atoms with E-state index in [0.29, 0.717) is 44.4 Å². The Morgan fingerprint density at radius 1 is 1.10 bits per heavy atom. The Morgan fingerprint density at radius 3 is 2.55 bits per heavy atom. The van der Waals surface area contributed by atoms with E-state index in [1.54, 1.807) is 0 Å². The molecular weight excluding hydrogens is 390 g/mol. The van der Waals surface area contributed by atoms with Gasteiger partial charge in [0.2, 0.25) is 5.91 Å². The van der Waals surface area contributed by atoms with Crippen molar-refractivity contribution in [1.29, 1.82) is 0 Å². The van der Waals surface area contributed by atoms with Crippen molar-refractivity contribution < 1.29 is 19.0 Å². The van der Waals surface area contributed by atoms with Crippen LogP contribution in [0.15, 0.2) is 30.3 Å². The van der Waals surface area contributed by atoms with E-state index in [9.17, 15) is 4.79 Å². The number of halogens is 1. The monoisotopic (exact) mass is 415 g/mol. The molecule has 0 unspecified atom stereocenters. The van der Waals surface area contributed by atoms with Crippen LogP contribution < -0.4 is 14.2 Å². The van der Waals surface area contributed by atoms with Gasteiger partial charge in [0.1, 0.15) is 12.4 Å². The van der Waals surface area contributed by atoms with Gasteiger partial charge in [-0.1, -0.05) is 11.6 Å². The SMILES string of the molecule is CCOc1cc2c(cc1OCC)CN(C(=O)[C@H]1COc3ccc(Cl)cc3C1)CC2. The fraction of sp³-hybridized carbons (Fsp3) is 0.435. The minimum absolute atomic E-state index is 0.133. The summed E-state index contributed by atoms with van der Waals surface area (Å²) in [5.74, 6) is 2.30. The normalized spacial score (nSPS) is 17.8. The van der Waals surface area contributed by atoms with Crippen LogP contribution in [0.5, 0.6) is 17.2 Å². The summed E-state index contributed by atoms with van der Waals surface area (Å²) in [6.45, 7) is 6.78. The van der Waals surface area contributed by atoms with Crippen molar-refractivity contribution in [2.24, 2.45) is 5.92 Å². The lowest BCUT2D eigenvalue weighted by Crippen LogP contribution is -2.43. The van der Waals surface area contributed by atoms with Crippen molar-refractivity contribution in [3.63, 3.8) is 0 Å². The molecule has 0 aliphatic carbocycles. The van der Waals surface area contributed by atoms with Gasteiger partial charge >= 0.3 is 0 Å². The molecule has 2 aliphatic rings. The molecule has 2 aliphatic heterocycles. The Morgan fingerprint density at radius 2 is 1.83 bits per heavy atom. The fourth-order valence-electron chi connectivity index (χ4n) is 4.07. The van der Waals surface area contributed by atoms with Crippen molar-refractivity contribution >= 4 is 17.5 Å². The van der Waals surface area contributed by atoms with Crippen LogP contribution >= 0.6 is 11.6 Å². The quantitative estimate of drug-likeness (QED) is 0.731. The van der Waals surface area contributed by atoms with E-state index < -0.39 is 0 Å². The maximum Gasteiger partial charge on any atom is 0.229 e. The summed E-state index contributed by atoms with van der Waals surface area (Å²) in [5.41, 5.74) is 3.34. The van der Waals surface area contributed by atoms with Gasteiger partial charge in [0.05, 0.1) is 19.1 Å². The number of amides is 1. The van der Waals surface area contributed by atoms with Gasteiger partial charge in [-0.05, 0) is 73.7 Å².